The molecule has 2 atom stereocenters. The number of carbonyl (C=O) groups is 2. The predicted molar refractivity (Wildman–Crippen MR) is 92.0 cm³/mol. The molecule has 2 aliphatic heterocycles. The predicted octanol–water partition coefficient (Wildman–Crippen LogP) is 1.59. The second-order valence-electron chi connectivity index (χ2n) is 6.66. The quantitative estimate of drug-likeness (QED) is 0.888. The van der Waals surface area contributed by atoms with Crippen LogP contribution in [0.5, 0.6) is 0 Å². The highest BCUT2D eigenvalue weighted by atomic mass is 19.1. The first-order valence-electron chi connectivity index (χ1n) is 8.47. The average molecular weight is 342 g/mol. The van der Waals surface area contributed by atoms with Crippen molar-refractivity contribution in [3.63, 3.8) is 0 Å². The van der Waals surface area contributed by atoms with E-state index in [4.69, 9.17) is 0 Å². The van der Waals surface area contributed by atoms with E-state index in [0.717, 1.165) is 13.0 Å². The Morgan fingerprint density at radius 1 is 1.36 bits per heavy atom. The van der Waals surface area contributed by atoms with Crippen molar-refractivity contribution >= 4 is 28.4 Å². The first kappa shape index (κ1) is 15.8. The van der Waals surface area contributed by atoms with Crippen LogP contribution in [0.2, 0.25) is 0 Å². The SMILES string of the molecule is C[C@H]1CCN1c1cc2ncc(C(=O)N[C@H]3CCNC3=O)cc2cc1F. The summed E-state index contributed by atoms with van der Waals surface area (Å²) in [5.41, 5.74) is 1.51. The van der Waals surface area contributed by atoms with Gasteiger partial charge in [0.25, 0.3) is 5.91 Å². The number of pyridine rings is 1. The molecule has 2 aliphatic rings. The van der Waals surface area contributed by atoms with E-state index in [-0.39, 0.29) is 17.6 Å². The largest absolute Gasteiger partial charge is 0.366 e. The monoisotopic (exact) mass is 342 g/mol. The molecule has 0 bridgehead atoms. The number of fused-ring (bicyclic) bond motifs is 1. The minimum Gasteiger partial charge on any atom is -0.366 e. The Labute approximate surface area is 144 Å². The zero-order valence-corrected chi connectivity index (χ0v) is 13.9. The van der Waals surface area contributed by atoms with E-state index >= 15 is 0 Å². The summed E-state index contributed by atoms with van der Waals surface area (Å²) in [6, 6.07) is 4.57. The number of hydrogen-bond donors (Lipinski definition) is 2. The first-order valence-corrected chi connectivity index (χ1v) is 8.47. The van der Waals surface area contributed by atoms with E-state index in [1.165, 1.54) is 12.3 Å². The molecule has 25 heavy (non-hydrogen) atoms. The molecule has 3 heterocycles. The zero-order valence-electron chi connectivity index (χ0n) is 13.9. The number of halogens is 1. The molecular formula is C18H19FN4O2. The van der Waals surface area contributed by atoms with Crippen molar-refractivity contribution < 1.29 is 14.0 Å². The molecule has 6 nitrogen and oxygen atoms in total. The molecule has 2 N–H and O–H groups in total. The second kappa shape index (κ2) is 5.98. The third-order valence-corrected chi connectivity index (χ3v) is 5.00. The molecule has 2 aromatic rings. The van der Waals surface area contributed by atoms with Crippen LogP contribution in [0, 0.1) is 5.82 Å². The molecule has 0 aliphatic carbocycles. The lowest BCUT2D eigenvalue weighted by molar-refractivity contribution is -0.120. The molecule has 2 amide bonds. The smallest absolute Gasteiger partial charge is 0.253 e. The van der Waals surface area contributed by atoms with Crippen LogP contribution in [0.25, 0.3) is 10.9 Å². The van der Waals surface area contributed by atoms with Gasteiger partial charge in [0.05, 0.1) is 16.8 Å². The molecule has 0 radical (unpaired) electrons. The van der Waals surface area contributed by atoms with E-state index in [1.807, 2.05) is 4.90 Å². The Hall–Kier alpha value is -2.70. The van der Waals surface area contributed by atoms with E-state index < -0.39 is 6.04 Å². The van der Waals surface area contributed by atoms with Crippen molar-refractivity contribution in [3.05, 3.63) is 35.8 Å². The van der Waals surface area contributed by atoms with Gasteiger partial charge in [-0.25, -0.2) is 4.39 Å². The third kappa shape index (κ3) is 2.79. The van der Waals surface area contributed by atoms with Crippen molar-refractivity contribution in [2.45, 2.75) is 31.8 Å². The van der Waals surface area contributed by atoms with Crippen molar-refractivity contribution in [1.29, 1.82) is 0 Å². The number of benzene rings is 1. The standard InChI is InChI=1S/C18H19FN4O2/c1-10-3-5-23(10)16-8-15-11(7-13(16)19)6-12(9-21-15)17(24)22-14-2-4-20-18(14)25/h6-10,14H,2-5H2,1H3,(H,20,25)(H,22,24)/t10-,14-/m0/s1. The summed E-state index contributed by atoms with van der Waals surface area (Å²) in [6.45, 7) is 3.46. The van der Waals surface area contributed by atoms with Gasteiger partial charge in [-0.05, 0) is 38.0 Å². The van der Waals surface area contributed by atoms with Gasteiger partial charge in [-0.15, -0.1) is 0 Å². The summed E-state index contributed by atoms with van der Waals surface area (Å²) in [7, 11) is 0. The van der Waals surface area contributed by atoms with Crippen LogP contribution in [0.3, 0.4) is 0 Å². The van der Waals surface area contributed by atoms with E-state index in [9.17, 15) is 14.0 Å². The van der Waals surface area contributed by atoms with Gasteiger partial charge in [-0.3, -0.25) is 14.6 Å². The molecular weight excluding hydrogens is 323 g/mol. The van der Waals surface area contributed by atoms with Crippen LogP contribution in [0.4, 0.5) is 10.1 Å². The van der Waals surface area contributed by atoms with Crippen molar-refractivity contribution in [1.82, 2.24) is 15.6 Å². The van der Waals surface area contributed by atoms with Crippen LogP contribution in [0.1, 0.15) is 30.1 Å². The van der Waals surface area contributed by atoms with Crippen LogP contribution >= 0.6 is 0 Å². The number of anilines is 1. The van der Waals surface area contributed by atoms with Gasteiger partial charge in [0.2, 0.25) is 5.91 Å². The summed E-state index contributed by atoms with van der Waals surface area (Å²) < 4.78 is 14.5. The van der Waals surface area contributed by atoms with Gasteiger partial charge in [0, 0.05) is 30.7 Å². The zero-order chi connectivity index (χ0) is 17.6. The number of nitrogens with zero attached hydrogens (tertiary/aromatic N) is 2. The van der Waals surface area contributed by atoms with Crippen molar-refractivity contribution in [2.24, 2.45) is 0 Å². The van der Waals surface area contributed by atoms with Gasteiger partial charge < -0.3 is 15.5 Å². The molecule has 0 unspecified atom stereocenters. The highest BCUT2D eigenvalue weighted by Gasteiger charge is 2.27. The molecule has 2 fully saturated rings. The molecule has 1 aromatic carbocycles. The van der Waals surface area contributed by atoms with Gasteiger partial charge in [0.15, 0.2) is 0 Å². The Bertz CT molecular complexity index is 870. The van der Waals surface area contributed by atoms with Crippen LogP contribution < -0.4 is 15.5 Å². The molecule has 1 aromatic heterocycles. The molecule has 2 saturated heterocycles. The molecule has 4 rings (SSSR count). The van der Waals surface area contributed by atoms with Gasteiger partial charge in [0.1, 0.15) is 11.9 Å². The Kier molecular flexibility index (Phi) is 3.78. The van der Waals surface area contributed by atoms with Gasteiger partial charge in [-0.2, -0.15) is 0 Å². The fourth-order valence-electron chi connectivity index (χ4n) is 3.33. The van der Waals surface area contributed by atoms with E-state index in [1.54, 1.807) is 12.1 Å². The highest BCUT2D eigenvalue weighted by Crippen LogP contribution is 2.31. The van der Waals surface area contributed by atoms with E-state index in [0.29, 0.717) is 41.2 Å². The minimum absolute atomic E-state index is 0.179. The molecule has 130 valence electrons. The lowest BCUT2D eigenvalue weighted by atomic mass is 10.0. The maximum absolute atomic E-state index is 14.5. The lowest BCUT2D eigenvalue weighted by Gasteiger charge is -2.40. The fourth-order valence-corrected chi connectivity index (χ4v) is 3.33. The maximum atomic E-state index is 14.5. The number of hydrogen-bond acceptors (Lipinski definition) is 4. The highest BCUT2D eigenvalue weighted by molar-refractivity contribution is 6.00. The summed E-state index contributed by atoms with van der Waals surface area (Å²) in [5, 5.41) is 5.92. The third-order valence-electron chi connectivity index (χ3n) is 5.00. The van der Waals surface area contributed by atoms with Crippen molar-refractivity contribution in [3.8, 4) is 0 Å². The Balaban J connectivity index is 1.60. The fraction of sp³-hybridized carbons (Fsp3) is 0.389. The molecule has 0 saturated carbocycles. The Morgan fingerprint density at radius 3 is 2.84 bits per heavy atom. The second-order valence-corrected chi connectivity index (χ2v) is 6.66. The maximum Gasteiger partial charge on any atom is 0.253 e. The minimum atomic E-state index is -0.518. The summed E-state index contributed by atoms with van der Waals surface area (Å²) in [6.07, 6.45) is 3.09. The summed E-state index contributed by atoms with van der Waals surface area (Å²) in [4.78, 5) is 30.2. The van der Waals surface area contributed by atoms with Gasteiger partial charge >= 0.3 is 0 Å². The van der Waals surface area contributed by atoms with Gasteiger partial charge in [-0.1, -0.05) is 0 Å². The number of carbonyl (C=O) groups excluding carboxylic acids is 2. The molecule has 7 heteroatoms. The average Bonchev–Trinajstić information content (AvgIpc) is 2.98. The van der Waals surface area contributed by atoms with Crippen LogP contribution in [-0.4, -0.2) is 42.0 Å². The van der Waals surface area contributed by atoms with E-state index in [2.05, 4.69) is 22.5 Å². The normalized spacial score (nSPS) is 22.6. The Morgan fingerprint density at radius 2 is 2.20 bits per heavy atom. The number of rotatable bonds is 3. The van der Waals surface area contributed by atoms with Crippen LogP contribution in [0.15, 0.2) is 24.4 Å². The van der Waals surface area contributed by atoms with Crippen LogP contribution in [-0.2, 0) is 4.79 Å². The van der Waals surface area contributed by atoms with Crippen molar-refractivity contribution in [2.75, 3.05) is 18.0 Å². The summed E-state index contributed by atoms with van der Waals surface area (Å²) in [5.74, 6) is -0.868. The number of nitrogens with one attached hydrogen (secondary N) is 2. The first-order chi connectivity index (χ1) is 12.0. The topological polar surface area (TPSA) is 74.3 Å². The summed E-state index contributed by atoms with van der Waals surface area (Å²) >= 11 is 0. The lowest BCUT2D eigenvalue weighted by Crippen LogP contribution is -2.46. The number of amides is 2. The molecule has 0 spiro atoms. The number of aromatic nitrogens is 1.